The van der Waals surface area contributed by atoms with Gasteiger partial charge in [0.05, 0.1) is 10.9 Å². The van der Waals surface area contributed by atoms with Gasteiger partial charge >= 0.3 is 0 Å². The van der Waals surface area contributed by atoms with Gasteiger partial charge in [0.2, 0.25) is 5.91 Å². The summed E-state index contributed by atoms with van der Waals surface area (Å²) in [5.41, 5.74) is 1.42. The second-order valence-corrected chi connectivity index (χ2v) is 8.99. The summed E-state index contributed by atoms with van der Waals surface area (Å²) in [6.45, 7) is 11.8. The van der Waals surface area contributed by atoms with Gasteiger partial charge in [-0.05, 0) is 18.4 Å². The van der Waals surface area contributed by atoms with E-state index in [-0.39, 0.29) is 17.9 Å². The molecule has 3 rings (SSSR count). The molecule has 1 aliphatic rings. The number of rotatable bonds is 7. The molecule has 1 amide bonds. The molecule has 0 unspecified atom stereocenters. The van der Waals surface area contributed by atoms with Crippen molar-refractivity contribution >= 4 is 17.2 Å². The lowest BCUT2D eigenvalue weighted by Gasteiger charge is -2.37. The van der Waals surface area contributed by atoms with Gasteiger partial charge in [0.15, 0.2) is 0 Å². The zero-order valence-electron chi connectivity index (χ0n) is 16.7. The summed E-state index contributed by atoms with van der Waals surface area (Å²) in [5, 5.41) is 5.40. The molecule has 5 heteroatoms. The van der Waals surface area contributed by atoms with Crippen LogP contribution in [0, 0.1) is 5.92 Å². The van der Waals surface area contributed by atoms with Crippen LogP contribution in [0.2, 0.25) is 0 Å². The first-order chi connectivity index (χ1) is 13.0. The lowest BCUT2D eigenvalue weighted by Crippen LogP contribution is -3.28. The molecule has 27 heavy (non-hydrogen) atoms. The second-order valence-electron chi connectivity index (χ2n) is 8.02. The SMILES string of the molecule is CC(C)C(=O)N[C@H](C)[C@H](c1cccs1)[NH+]1CC[NH+](Cc2ccccc2)CC1. The number of hydrogen-bond acceptors (Lipinski definition) is 2. The first-order valence-electron chi connectivity index (χ1n) is 10.1. The molecule has 1 fully saturated rings. The molecule has 2 heterocycles. The number of quaternary nitrogens is 2. The minimum Gasteiger partial charge on any atom is -0.347 e. The fraction of sp³-hybridized carbons (Fsp3) is 0.500. The zero-order chi connectivity index (χ0) is 19.2. The first-order valence-corrected chi connectivity index (χ1v) is 11.0. The van der Waals surface area contributed by atoms with Crippen LogP contribution in [-0.4, -0.2) is 38.1 Å². The lowest BCUT2D eigenvalue weighted by atomic mass is 10.0. The van der Waals surface area contributed by atoms with Crippen LogP contribution < -0.4 is 15.1 Å². The predicted molar refractivity (Wildman–Crippen MR) is 111 cm³/mol. The Morgan fingerprint density at radius 1 is 1.04 bits per heavy atom. The molecular weight excluding hydrogens is 354 g/mol. The normalized spacial score (nSPS) is 22.4. The summed E-state index contributed by atoms with van der Waals surface area (Å²) in [6, 6.07) is 15.6. The van der Waals surface area contributed by atoms with Crippen molar-refractivity contribution in [3.8, 4) is 0 Å². The fourth-order valence-electron chi connectivity index (χ4n) is 4.04. The second kappa shape index (κ2) is 9.49. The van der Waals surface area contributed by atoms with Crippen LogP contribution in [0.5, 0.6) is 0 Å². The van der Waals surface area contributed by atoms with E-state index in [9.17, 15) is 4.79 Å². The van der Waals surface area contributed by atoms with Gasteiger partial charge in [-0.15, -0.1) is 11.3 Å². The molecule has 1 aromatic heterocycles. The van der Waals surface area contributed by atoms with Gasteiger partial charge in [0.25, 0.3) is 0 Å². The van der Waals surface area contributed by atoms with E-state index in [0.717, 1.165) is 19.6 Å². The van der Waals surface area contributed by atoms with E-state index < -0.39 is 0 Å². The van der Waals surface area contributed by atoms with Crippen LogP contribution in [0.15, 0.2) is 47.8 Å². The van der Waals surface area contributed by atoms with Crippen LogP contribution in [0.1, 0.15) is 37.3 Å². The van der Waals surface area contributed by atoms with Crippen molar-refractivity contribution in [2.45, 2.75) is 39.4 Å². The van der Waals surface area contributed by atoms with Crippen molar-refractivity contribution in [2.24, 2.45) is 5.92 Å². The first kappa shape index (κ1) is 20.1. The van der Waals surface area contributed by atoms with Crippen LogP contribution in [-0.2, 0) is 11.3 Å². The highest BCUT2D eigenvalue weighted by molar-refractivity contribution is 7.10. The van der Waals surface area contributed by atoms with Crippen LogP contribution >= 0.6 is 11.3 Å². The van der Waals surface area contributed by atoms with Crippen molar-refractivity contribution in [1.29, 1.82) is 0 Å². The van der Waals surface area contributed by atoms with Gasteiger partial charge in [-0.3, -0.25) is 4.79 Å². The molecule has 2 atom stereocenters. The Morgan fingerprint density at radius 2 is 1.74 bits per heavy atom. The van der Waals surface area contributed by atoms with E-state index in [1.807, 2.05) is 25.2 Å². The van der Waals surface area contributed by atoms with Crippen molar-refractivity contribution in [2.75, 3.05) is 26.2 Å². The van der Waals surface area contributed by atoms with Crippen molar-refractivity contribution in [1.82, 2.24) is 5.32 Å². The number of carbonyl (C=O) groups is 1. The van der Waals surface area contributed by atoms with Crippen molar-refractivity contribution in [3.05, 3.63) is 58.3 Å². The molecule has 4 nitrogen and oxygen atoms in total. The Morgan fingerprint density at radius 3 is 2.33 bits per heavy atom. The molecule has 1 saturated heterocycles. The predicted octanol–water partition coefficient (Wildman–Crippen LogP) is 0.934. The zero-order valence-corrected chi connectivity index (χ0v) is 17.5. The summed E-state index contributed by atoms with van der Waals surface area (Å²) >= 11 is 1.81. The number of nitrogens with one attached hydrogen (secondary N) is 3. The maximum absolute atomic E-state index is 12.2. The van der Waals surface area contributed by atoms with E-state index in [4.69, 9.17) is 0 Å². The number of carbonyl (C=O) groups excluding carboxylic acids is 1. The Bertz CT molecular complexity index is 694. The van der Waals surface area contributed by atoms with Gasteiger partial charge in [-0.2, -0.15) is 0 Å². The highest BCUT2D eigenvalue weighted by atomic mass is 32.1. The third-order valence-electron chi connectivity index (χ3n) is 5.58. The van der Waals surface area contributed by atoms with E-state index in [1.165, 1.54) is 23.5 Å². The minimum absolute atomic E-state index is 0.0265. The van der Waals surface area contributed by atoms with E-state index in [2.05, 4.69) is 60.1 Å². The average molecular weight is 388 g/mol. The molecule has 2 aromatic rings. The third-order valence-corrected chi connectivity index (χ3v) is 6.54. The Kier molecular flexibility index (Phi) is 7.05. The summed E-state index contributed by atoms with van der Waals surface area (Å²) in [7, 11) is 0. The highest BCUT2D eigenvalue weighted by Gasteiger charge is 2.35. The summed E-state index contributed by atoms with van der Waals surface area (Å²) < 4.78 is 0. The van der Waals surface area contributed by atoms with Gasteiger partial charge < -0.3 is 15.1 Å². The molecule has 0 radical (unpaired) electrons. The van der Waals surface area contributed by atoms with Gasteiger partial charge in [0, 0.05) is 11.5 Å². The number of thiophene rings is 1. The standard InChI is InChI=1S/C22H31N3OS/c1-17(2)22(26)23-18(3)21(20-10-7-15-27-20)25-13-11-24(12-14-25)16-19-8-5-4-6-9-19/h4-10,15,17-18,21H,11-14,16H2,1-3H3,(H,23,26)/p+2/t18-,21-/m1/s1. The number of amides is 1. The smallest absolute Gasteiger partial charge is 0.222 e. The number of benzene rings is 1. The molecule has 0 saturated carbocycles. The maximum Gasteiger partial charge on any atom is 0.222 e. The maximum atomic E-state index is 12.2. The monoisotopic (exact) mass is 387 g/mol. The molecule has 0 aliphatic carbocycles. The molecule has 1 aromatic carbocycles. The molecular formula is C22H33N3OS+2. The van der Waals surface area contributed by atoms with E-state index >= 15 is 0 Å². The largest absolute Gasteiger partial charge is 0.347 e. The third kappa shape index (κ3) is 5.41. The molecule has 146 valence electrons. The Labute approximate surface area is 167 Å². The molecule has 3 N–H and O–H groups in total. The lowest BCUT2D eigenvalue weighted by molar-refractivity contribution is -1.03. The summed E-state index contributed by atoms with van der Waals surface area (Å²) in [6.07, 6.45) is 0. The van der Waals surface area contributed by atoms with Gasteiger partial charge in [-0.1, -0.05) is 50.2 Å². The fourth-order valence-corrected chi connectivity index (χ4v) is 5.03. The summed E-state index contributed by atoms with van der Waals surface area (Å²) in [5.74, 6) is 0.176. The van der Waals surface area contributed by atoms with Crippen LogP contribution in [0.25, 0.3) is 0 Å². The van der Waals surface area contributed by atoms with Gasteiger partial charge in [-0.25, -0.2) is 0 Å². The minimum atomic E-state index is 0.0265. The number of piperazine rings is 1. The van der Waals surface area contributed by atoms with Crippen LogP contribution in [0.4, 0.5) is 0 Å². The molecule has 0 spiro atoms. The Hall–Kier alpha value is -1.69. The topological polar surface area (TPSA) is 38.0 Å². The van der Waals surface area contributed by atoms with Crippen molar-refractivity contribution < 1.29 is 14.6 Å². The van der Waals surface area contributed by atoms with Crippen molar-refractivity contribution in [3.63, 3.8) is 0 Å². The number of hydrogen-bond donors (Lipinski definition) is 3. The quantitative estimate of drug-likeness (QED) is 0.650. The highest BCUT2D eigenvalue weighted by Crippen LogP contribution is 2.20. The van der Waals surface area contributed by atoms with Gasteiger partial charge in [0.1, 0.15) is 38.8 Å². The van der Waals surface area contributed by atoms with E-state index in [0.29, 0.717) is 6.04 Å². The van der Waals surface area contributed by atoms with Crippen LogP contribution in [0.3, 0.4) is 0 Å². The average Bonchev–Trinajstić information content (AvgIpc) is 3.18. The summed E-state index contributed by atoms with van der Waals surface area (Å²) in [4.78, 5) is 16.9. The van der Waals surface area contributed by atoms with E-state index in [1.54, 1.807) is 9.80 Å². The molecule has 1 aliphatic heterocycles. The molecule has 0 bridgehead atoms. The Balaban J connectivity index is 1.63.